The average Bonchev–Trinajstić information content (AvgIpc) is 2.08. The second-order valence-corrected chi connectivity index (χ2v) is 2.99. The van der Waals surface area contributed by atoms with Gasteiger partial charge >= 0.3 is 0 Å². The van der Waals surface area contributed by atoms with Crippen LogP contribution in [0.5, 0.6) is 0 Å². The molecule has 0 heterocycles. The molecule has 1 N–H and O–H groups in total. The minimum Gasteiger partial charge on any atom is -0.388 e. The third-order valence-electron chi connectivity index (χ3n) is 1.47. The highest BCUT2D eigenvalue weighted by Crippen LogP contribution is 2.17. The zero-order valence-electron chi connectivity index (χ0n) is 6.10. The van der Waals surface area contributed by atoms with Crippen LogP contribution in [0.4, 0.5) is 8.78 Å². The number of halogens is 3. The van der Waals surface area contributed by atoms with E-state index in [2.05, 4.69) is 15.9 Å². The van der Waals surface area contributed by atoms with Gasteiger partial charge in [0, 0.05) is 5.33 Å². The van der Waals surface area contributed by atoms with Crippen LogP contribution in [0.25, 0.3) is 0 Å². The lowest BCUT2D eigenvalue weighted by molar-refractivity contribution is 0.204. The molecule has 0 saturated carbocycles. The van der Waals surface area contributed by atoms with Crippen LogP contribution in [0.3, 0.4) is 0 Å². The number of benzene rings is 1. The molecule has 4 heteroatoms. The van der Waals surface area contributed by atoms with E-state index < -0.39 is 17.7 Å². The maximum atomic E-state index is 12.6. The molecule has 1 aromatic rings. The minimum atomic E-state index is -0.937. The Morgan fingerprint density at radius 1 is 1.33 bits per heavy atom. The predicted octanol–water partition coefficient (Wildman–Crippen LogP) is 2.39. The number of aliphatic hydroxyl groups excluding tert-OH is 1. The highest BCUT2D eigenvalue weighted by atomic mass is 79.9. The molecule has 1 atom stereocenters. The van der Waals surface area contributed by atoms with E-state index in [-0.39, 0.29) is 0 Å². The van der Waals surface area contributed by atoms with Crippen molar-refractivity contribution in [1.29, 1.82) is 0 Å². The number of alkyl halides is 1. The van der Waals surface area contributed by atoms with Crippen molar-refractivity contribution in [3.05, 3.63) is 35.4 Å². The largest absolute Gasteiger partial charge is 0.388 e. The van der Waals surface area contributed by atoms with Gasteiger partial charge in [-0.05, 0) is 17.7 Å². The van der Waals surface area contributed by atoms with E-state index in [1.54, 1.807) is 0 Å². The topological polar surface area (TPSA) is 20.2 Å². The minimum absolute atomic E-state index is 0.304. The van der Waals surface area contributed by atoms with Crippen LogP contribution in [-0.2, 0) is 0 Å². The van der Waals surface area contributed by atoms with Gasteiger partial charge in [0.1, 0.15) is 0 Å². The predicted molar refractivity (Wildman–Crippen MR) is 45.1 cm³/mol. The Balaban J connectivity index is 2.96. The maximum absolute atomic E-state index is 12.6. The van der Waals surface area contributed by atoms with Gasteiger partial charge in [0.15, 0.2) is 11.6 Å². The first kappa shape index (κ1) is 9.61. The highest BCUT2D eigenvalue weighted by molar-refractivity contribution is 9.09. The third kappa shape index (κ3) is 2.01. The highest BCUT2D eigenvalue weighted by Gasteiger charge is 2.08. The van der Waals surface area contributed by atoms with Gasteiger partial charge in [-0.25, -0.2) is 8.78 Å². The van der Waals surface area contributed by atoms with Crippen molar-refractivity contribution >= 4 is 15.9 Å². The number of aliphatic hydroxyl groups is 1. The molecule has 1 aromatic carbocycles. The lowest BCUT2D eigenvalue weighted by Gasteiger charge is -2.06. The Kier molecular flexibility index (Phi) is 3.17. The average molecular weight is 237 g/mol. The fraction of sp³-hybridized carbons (Fsp3) is 0.250. The lowest BCUT2D eigenvalue weighted by atomic mass is 10.1. The van der Waals surface area contributed by atoms with E-state index in [9.17, 15) is 13.9 Å². The first-order valence-electron chi connectivity index (χ1n) is 3.34. The van der Waals surface area contributed by atoms with Crippen LogP contribution in [0.15, 0.2) is 18.2 Å². The molecule has 0 aliphatic carbocycles. The number of hydrogen-bond acceptors (Lipinski definition) is 1. The smallest absolute Gasteiger partial charge is 0.159 e. The van der Waals surface area contributed by atoms with Crippen molar-refractivity contribution in [1.82, 2.24) is 0 Å². The standard InChI is InChI=1S/C8H7BrF2O/c9-4-8(12)5-1-2-6(10)7(11)3-5/h1-3,8,12H,4H2/t8-/m0/s1. The number of hydrogen-bond donors (Lipinski definition) is 1. The van der Waals surface area contributed by atoms with E-state index in [1.807, 2.05) is 0 Å². The molecule has 1 nitrogen and oxygen atoms in total. The maximum Gasteiger partial charge on any atom is 0.159 e. The number of rotatable bonds is 2. The quantitative estimate of drug-likeness (QED) is 0.783. The Morgan fingerprint density at radius 3 is 2.50 bits per heavy atom. The summed E-state index contributed by atoms with van der Waals surface area (Å²) in [5, 5.41) is 9.51. The van der Waals surface area contributed by atoms with Crippen molar-refractivity contribution < 1.29 is 13.9 Å². The molecule has 1 rings (SSSR count). The van der Waals surface area contributed by atoms with Gasteiger partial charge in [-0.2, -0.15) is 0 Å². The zero-order chi connectivity index (χ0) is 9.14. The van der Waals surface area contributed by atoms with Gasteiger partial charge in [-0.1, -0.05) is 22.0 Å². The molecular weight excluding hydrogens is 230 g/mol. The van der Waals surface area contributed by atoms with Crippen molar-refractivity contribution in [2.45, 2.75) is 6.10 Å². The normalized spacial score (nSPS) is 13.0. The van der Waals surface area contributed by atoms with E-state index >= 15 is 0 Å². The Bertz CT molecular complexity index is 278. The van der Waals surface area contributed by atoms with E-state index in [0.29, 0.717) is 10.9 Å². The summed E-state index contributed by atoms with van der Waals surface area (Å²) in [5.74, 6) is -1.84. The van der Waals surface area contributed by atoms with Crippen molar-refractivity contribution in [2.24, 2.45) is 0 Å². The first-order chi connectivity index (χ1) is 5.65. The summed E-state index contributed by atoms with van der Waals surface area (Å²) in [6, 6.07) is 3.34. The van der Waals surface area contributed by atoms with Crippen molar-refractivity contribution in [3.8, 4) is 0 Å². The molecule has 0 spiro atoms. The summed E-state index contributed by atoms with van der Waals surface area (Å²) in [6.07, 6.45) is -0.792. The molecule has 0 bridgehead atoms. The summed E-state index contributed by atoms with van der Waals surface area (Å²) in [7, 11) is 0. The SMILES string of the molecule is O[C@@H](CBr)c1ccc(F)c(F)c1. The Morgan fingerprint density at radius 2 is 2.00 bits per heavy atom. The van der Waals surface area contributed by atoms with Crippen molar-refractivity contribution in [3.63, 3.8) is 0 Å². The second kappa shape index (κ2) is 3.96. The second-order valence-electron chi connectivity index (χ2n) is 2.34. The molecule has 12 heavy (non-hydrogen) atoms. The van der Waals surface area contributed by atoms with Gasteiger partial charge in [-0.3, -0.25) is 0 Å². The Hall–Kier alpha value is -0.480. The molecule has 0 aliphatic rings. The molecule has 0 aliphatic heterocycles. The summed E-state index contributed by atoms with van der Waals surface area (Å²) in [6.45, 7) is 0. The fourth-order valence-electron chi connectivity index (χ4n) is 0.809. The molecule has 0 unspecified atom stereocenters. The first-order valence-corrected chi connectivity index (χ1v) is 4.46. The molecule has 0 aromatic heterocycles. The van der Waals surface area contributed by atoms with Gasteiger partial charge in [-0.15, -0.1) is 0 Å². The van der Waals surface area contributed by atoms with E-state index in [1.165, 1.54) is 6.07 Å². The van der Waals surface area contributed by atoms with Crippen LogP contribution >= 0.6 is 15.9 Å². The summed E-state index contributed by atoms with van der Waals surface area (Å²) >= 11 is 3.03. The fourth-order valence-corrected chi connectivity index (χ4v) is 1.18. The van der Waals surface area contributed by atoms with Crippen LogP contribution in [0.2, 0.25) is 0 Å². The monoisotopic (exact) mass is 236 g/mol. The molecule has 66 valence electrons. The third-order valence-corrected chi connectivity index (χ3v) is 2.09. The summed E-state index contributed by atoms with van der Waals surface area (Å²) in [5.41, 5.74) is 0.366. The summed E-state index contributed by atoms with van der Waals surface area (Å²) < 4.78 is 25.0. The van der Waals surface area contributed by atoms with E-state index in [4.69, 9.17) is 0 Å². The Labute approximate surface area is 77.2 Å². The zero-order valence-corrected chi connectivity index (χ0v) is 7.68. The molecular formula is C8H7BrF2O. The van der Waals surface area contributed by atoms with Gasteiger partial charge in [0.2, 0.25) is 0 Å². The van der Waals surface area contributed by atoms with Crippen LogP contribution in [-0.4, -0.2) is 10.4 Å². The van der Waals surface area contributed by atoms with Crippen LogP contribution in [0.1, 0.15) is 11.7 Å². The van der Waals surface area contributed by atoms with Crippen molar-refractivity contribution in [2.75, 3.05) is 5.33 Å². The van der Waals surface area contributed by atoms with Gasteiger partial charge in [0.25, 0.3) is 0 Å². The van der Waals surface area contributed by atoms with Crippen LogP contribution in [0, 0.1) is 11.6 Å². The van der Waals surface area contributed by atoms with Gasteiger partial charge < -0.3 is 5.11 Å². The molecule has 0 amide bonds. The molecule has 0 saturated heterocycles. The summed E-state index contributed by atoms with van der Waals surface area (Å²) in [4.78, 5) is 0. The van der Waals surface area contributed by atoms with Gasteiger partial charge in [0.05, 0.1) is 6.10 Å². The molecule has 0 fully saturated rings. The lowest BCUT2D eigenvalue weighted by Crippen LogP contribution is -1.99. The van der Waals surface area contributed by atoms with E-state index in [0.717, 1.165) is 12.1 Å². The van der Waals surface area contributed by atoms with Crippen LogP contribution < -0.4 is 0 Å². The molecule has 0 radical (unpaired) electrons.